The monoisotopic (exact) mass is 556 g/mol. The minimum absolute atomic E-state index is 0.158. The number of anilines is 1. The maximum atomic E-state index is 12.8. The first-order valence-electron chi connectivity index (χ1n) is 13.5. The van der Waals surface area contributed by atoms with Crippen molar-refractivity contribution in [2.45, 2.75) is 70.3 Å². The molecule has 2 spiro atoms. The average molecular weight is 557 g/mol. The zero-order valence-corrected chi connectivity index (χ0v) is 22.8. The van der Waals surface area contributed by atoms with Crippen LogP contribution in [0.15, 0.2) is 18.2 Å². The molecule has 0 aliphatic carbocycles. The Labute approximate surface area is 226 Å². The van der Waals surface area contributed by atoms with Gasteiger partial charge in [0, 0.05) is 63.4 Å². The Morgan fingerprint density at radius 2 is 1.68 bits per heavy atom. The molecule has 210 valence electrons. The van der Waals surface area contributed by atoms with E-state index in [2.05, 4.69) is 20.6 Å². The Morgan fingerprint density at radius 3 is 2.32 bits per heavy atom. The molecule has 0 radical (unpaired) electrons. The van der Waals surface area contributed by atoms with Gasteiger partial charge in [-0.2, -0.15) is 13.2 Å². The van der Waals surface area contributed by atoms with Crippen LogP contribution in [0, 0.1) is 5.41 Å². The highest BCUT2D eigenvalue weighted by molar-refractivity contribution is 6.30. The van der Waals surface area contributed by atoms with E-state index >= 15 is 0 Å². The fraction of sp³-hybridized carbons (Fsp3) is 0.704. The zero-order valence-electron chi connectivity index (χ0n) is 22.0. The van der Waals surface area contributed by atoms with Crippen LogP contribution in [0.5, 0.6) is 0 Å². The lowest BCUT2D eigenvalue weighted by Gasteiger charge is -2.52. The molecule has 1 unspecified atom stereocenters. The molecule has 4 aliphatic rings. The smallest absolute Gasteiger partial charge is 0.425 e. The van der Waals surface area contributed by atoms with Gasteiger partial charge in [-0.3, -0.25) is 9.69 Å². The van der Waals surface area contributed by atoms with E-state index in [0.717, 1.165) is 83.0 Å². The Hall–Kier alpha value is -2.20. The lowest BCUT2D eigenvalue weighted by Crippen LogP contribution is -2.69. The molecule has 38 heavy (non-hydrogen) atoms. The van der Waals surface area contributed by atoms with Crippen molar-refractivity contribution >= 4 is 29.3 Å². The third kappa shape index (κ3) is 5.43. The number of ether oxygens (including phenoxy) is 1. The topological polar surface area (TPSA) is 56.3 Å². The number of hydrogen-bond acceptors (Lipinski definition) is 5. The molecule has 4 heterocycles. The normalized spacial score (nSPS) is 23.7. The molecule has 11 heteroatoms. The number of carbonyl (C=O) groups excluding carboxylic acids is 2. The summed E-state index contributed by atoms with van der Waals surface area (Å²) >= 11 is 6.55. The SMILES string of the molecule is CC(=O)N1CCC2(CCN(c3cc(Cl)cc(CN4CCCC45CN(C(=O)OC(C)C(F)(F)F)C5)c3)CC2)C1. The number of rotatable bonds is 4. The molecule has 7 nitrogen and oxygen atoms in total. The van der Waals surface area contributed by atoms with Gasteiger partial charge >= 0.3 is 12.3 Å². The Balaban J connectivity index is 1.19. The number of halogens is 4. The number of hydrogen-bond donors (Lipinski definition) is 0. The van der Waals surface area contributed by atoms with Gasteiger partial charge in [-0.05, 0) is 74.8 Å². The zero-order chi connectivity index (χ0) is 27.3. The first-order valence-corrected chi connectivity index (χ1v) is 13.8. The molecular weight excluding hydrogens is 521 g/mol. The summed E-state index contributed by atoms with van der Waals surface area (Å²) in [6.07, 6.45) is -2.57. The van der Waals surface area contributed by atoms with E-state index in [4.69, 9.17) is 11.6 Å². The quantitative estimate of drug-likeness (QED) is 0.527. The maximum absolute atomic E-state index is 12.8. The van der Waals surface area contributed by atoms with Crippen LogP contribution in [0.2, 0.25) is 5.02 Å². The Kier molecular flexibility index (Phi) is 7.26. The maximum Gasteiger partial charge on any atom is 0.425 e. The average Bonchev–Trinajstić information content (AvgIpc) is 3.42. The molecule has 2 amide bonds. The summed E-state index contributed by atoms with van der Waals surface area (Å²) in [5.41, 5.74) is 2.17. The van der Waals surface area contributed by atoms with Crippen molar-refractivity contribution in [1.82, 2.24) is 14.7 Å². The number of carbonyl (C=O) groups is 2. The predicted molar refractivity (Wildman–Crippen MR) is 138 cm³/mol. The van der Waals surface area contributed by atoms with E-state index in [1.54, 1.807) is 6.92 Å². The van der Waals surface area contributed by atoms with Crippen LogP contribution < -0.4 is 4.90 Å². The second kappa shape index (κ2) is 10.1. The van der Waals surface area contributed by atoms with E-state index in [9.17, 15) is 22.8 Å². The van der Waals surface area contributed by atoms with Crippen LogP contribution in [0.4, 0.5) is 23.7 Å². The molecular formula is C27H36ClF3N4O3. The Morgan fingerprint density at radius 1 is 1.00 bits per heavy atom. The minimum atomic E-state index is -4.57. The standard InChI is InChI=1S/C27H36ClF3N4O3/c1-19(27(29,30)31)38-24(37)34-17-26(18-34)4-3-8-35(26)15-21-12-22(28)14-23(13-21)32-9-5-25(6-10-32)7-11-33(16-25)20(2)36/h12-14,19H,3-11,15-18H2,1-2H3. The summed E-state index contributed by atoms with van der Waals surface area (Å²) in [6.45, 7) is 8.32. The van der Waals surface area contributed by atoms with E-state index in [-0.39, 0.29) is 16.9 Å². The van der Waals surface area contributed by atoms with E-state index < -0.39 is 18.4 Å². The summed E-state index contributed by atoms with van der Waals surface area (Å²) in [7, 11) is 0. The third-order valence-electron chi connectivity index (χ3n) is 9.10. The van der Waals surface area contributed by atoms with Gasteiger partial charge in [-0.25, -0.2) is 4.79 Å². The second-order valence-corrected chi connectivity index (χ2v) is 12.1. The van der Waals surface area contributed by atoms with Gasteiger partial charge in [0.1, 0.15) is 0 Å². The van der Waals surface area contributed by atoms with Gasteiger partial charge in [-0.15, -0.1) is 0 Å². The molecule has 1 aromatic carbocycles. The number of alkyl halides is 3. The molecule has 4 saturated heterocycles. The highest BCUT2D eigenvalue weighted by Gasteiger charge is 2.53. The van der Waals surface area contributed by atoms with Crippen molar-refractivity contribution in [3.05, 3.63) is 28.8 Å². The molecule has 1 atom stereocenters. The van der Waals surface area contributed by atoms with Crippen molar-refractivity contribution in [2.24, 2.45) is 5.41 Å². The number of nitrogens with zero attached hydrogens (tertiary/aromatic N) is 4. The van der Waals surface area contributed by atoms with Crippen molar-refractivity contribution in [2.75, 3.05) is 50.7 Å². The van der Waals surface area contributed by atoms with Gasteiger partial charge in [0.05, 0.1) is 5.54 Å². The van der Waals surface area contributed by atoms with Crippen LogP contribution in [-0.2, 0) is 16.1 Å². The highest BCUT2D eigenvalue weighted by atomic mass is 35.5. The summed E-state index contributed by atoms with van der Waals surface area (Å²) in [5, 5.41) is 0.676. The molecule has 1 aromatic rings. The van der Waals surface area contributed by atoms with Crippen LogP contribution in [0.25, 0.3) is 0 Å². The molecule has 0 bridgehead atoms. The highest BCUT2D eigenvalue weighted by Crippen LogP contribution is 2.43. The van der Waals surface area contributed by atoms with Crippen LogP contribution in [0.1, 0.15) is 51.5 Å². The van der Waals surface area contributed by atoms with E-state index in [0.29, 0.717) is 24.7 Å². The fourth-order valence-electron chi connectivity index (χ4n) is 6.66. The van der Waals surface area contributed by atoms with Gasteiger partial charge in [0.2, 0.25) is 5.91 Å². The summed E-state index contributed by atoms with van der Waals surface area (Å²) in [4.78, 5) is 32.1. The van der Waals surface area contributed by atoms with Crippen LogP contribution in [-0.4, -0.2) is 90.3 Å². The Bertz CT molecular complexity index is 1070. The van der Waals surface area contributed by atoms with E-state index in [1.165, 1.54) is 4.90 Å². The minimum Gasteiger partial charge on any atom is -0.437 e. The molecule has 0 saturated carbocycles. The van der Waals surface area contributed by atoms with E-state index in [1.807, 2.05) is 17.0 Å². The fourth-order valence-corrected chi connectivity index (χ4v) is 6.92. The summed E-state index contributed by atoms with van der Waals surface area (Å²) in [5.74, 6) is 0.158. The molecule has 4 aliphatic heterocycles. The second-order valence-electron chi connectivity index (χ2n) is 11.7. The molecule has 5 rings (SSSR count). The summed E-state index contributed by atoms with van der Waals surface area (Å²) in [6, 6.07) is 6.16. The third-order valence-corrected chi connectivity index (χ3v) is 9.31. The lowest BCUT2D eigenvalue weighted by atomic mass is 9.77. The van der Waals surface area contributed by atoms with Gasteiger partial charge < -0.3 is 19.4 Å². The molecule has 0 N–H and O–H groups in total. The van der Waals surface area contributed by atoms with Gasteiger partial charge in [-0.1, -0.05) is 11.6 Å². The van der Waals surface area contributed by atoms with Crippen LogP contribution in [0.3, 0.4) is 0 Å². The lowest BCUT2D eigenvalue weighted by molar-refractivity contribution is -0.202. The first kappa shape index (κ1) is 27.4. The largest absolute Gasteiger partial charge is 0.437 e. The summed E-state index contributed by atoms with van der Waals surface area (Å²) < 4.78 is 43.0. The number of likely N-dealkylation sites (tertiary alicyclic amines) is 3. The van der Waals surface area contributed by atoms with Gasteiger partial charge in [0.25, 0.3) is 0 Å². The number of benzene rings is 1. The first-order chi connectivity index (χ1) is 17.9. The molecule has 4 fully saturated rings. The van der Waals surface area contributed by atoms with Crippen LogP contribution >= 0.6 is 11.6 Å². The van der Waals surface area contributed by atoms with Crippen molar-refractivity contribution in [1.29, 1.82) is 0 Å². The number of piperidine rings is 1. The van der Waals surface area contributed by atoms with Crippen molar-refractivity contribution < 1.29 is 27.5 Å². The predicted octanol–water partition coefficient (Wildman–Crippen LogP) is 4.92. The van der Waals surface area contributed by atoms with Gasteiger partial charge in [0.15, 0.2) is 6.10 Å². The van der Waals surface area contributed by atoms with Crippen molar-refractivity contribution in [3.63, 3.8) is 0 Å². The van der Waals surface area contributed by atoms with Crippen molar-refractivity contribution in [3.8, 4) is 0 Å². The number of amides is 2. The molecule has 0 aromatic heterocycles.